The van der Waals surface area contributed by atoms with E-state index in [1.807, 2.05) is 19.9 Å². The van der Waals surface area contributed by atoms with Gasteiger partial charge in [0.15, 0.2) is 5.78 Å². The number of ether oxygens (including phenoxy) is 1. The van der Waals surface area contributed by atoms with Gasteiger partial charge in [-0.1, -0.05) is 0 Å². The zero-order valence-corrected chi connectivity index (χ0v) is 8.76. The Hall–Kier alpha value is -1.51. The third-order valence-electron chi connectivity index (χ3n) is 1.97. The highest BCUT2D eigenvalue weighted by atomic mass is 16.5. The normalized spacial score (nSPS) is 9.93. The highest BCUT2D eigenvalue weighted by Crippen LogP contribution is 2.27. The molecule has 0 saturated carbocycles. The third kappa shape index (κ3) is 2.05. The van der Waals surface area contributed by atoms with Crippen molar-refractivity contribution in [3.05, 3.63) is 23.3 Å². The predicted octanol–water partition coefficient (Wildman–Crippen LogP) is 2.18. The van der Waals surface area contributed by atoms with Gasteiger partial charge in [-0.15, -0.1) is 0 Å². The summed E-state index contributed by atoms with van der Waals surface area (Å²) < 4.78 is 5.33. The monoisotopic (exact) mass is 193 g/mol. The predicted molar refractivity (Wildman–Crippen MR) is 56.8 cm³/mol. The van der Waals surface area contributed by atoms with E-state index in [4.69, 9.17) is 10.5 Å². The van der Waals surface area contributed by atoms with E-state index in [0.717, 1.165) is 5.56 Å². The molecule has 3 nitrogen and oxygen atoms in total. The largest absolute Gasteiger partial charge is 0.492 e. The second-order valence-electron chi connectivity index (χ2n) is 3.21. The lowest BCUT2D eigenvalue weighted by atomic mass is 10.1. The lowest BCUT2D eigenvalue weighted by molar-refractivity contribution is 0.101. The van der Waals surface area contributed by atoms with Gasteiger partial charge in [0.2, 0.25) is 0 Å². The molecule has 0 aromatic heterocycles. The van der Waals surface area contributed by atoms with Crippen LogP contribution in [0.1, 0.15) is 29.8 Å². The molecule has 0 aliphatic rings. The molecular formula is C11H15NO2. The standard InChI is InChI=1S/C11H15NO2/c1-4-14-10-6-7(2)5-9(8(3)13)11(10)12/h5-6H,4,12H2,1-3H3. The van der Waals surface area contributed by atoms with Crippen LogP contribution in [-0.4, -0.2) is 12.4 Å². The summed E-state index contributed by atoms with van der Waals surface area (Å²) in [6, 6.07) is 3.62. The molecule has 0 fully saturated rings. The SMILES string of the molecule is CCOc1cc(C)cc(C(C)=O)c1N. The van der Waals surface area contributed by atoms with Crippen LogP contribution in [0.5, 0.6) is 5.75 Å². The molecule has 0 amide bonds. The van der Waals surface area contributed by atoms with Crippen LogP contribution in [0.3, 0.4) is 0 Å². The number of anilines is 1. The molecule has 1 aromatic rings. The van der Waals surface area contributed by atoms with E-state index in [1.165, 1.54) is 6.92 Å². The first kappa shape index (κ1) is 10.6. The Morgan fingerprint density at radius 2 is 2.14 bits per heavy atom. The number of benzene rings is 1. The van der Waals surface area contributed by atoms with Crippen molar-refractivity contribution in [2.45, 2.75) is 20.8 Å². The molecule has 1 rings (SSSR count). The summed E-state index contributed by atoms with van der Waals surface area (Å²) in [5, 5.41) is 0. The number of carbonyl (C=O) groups excluding carboxylic acids is 1. The maximum atomic E-state index is 11.2. The summed E-state index contributed by atoms with van der Waals surface area (Å²) in [7, 11) is 0. The first-order valence-electron chi connectivity index (χ1n) is 4.60. The van der Waals surface area contributed by atoms with Crippen molar-refractivity contribution in [1.82, 2.24) is 0 Å². The number of nitrogen functional groups attached to an aromatic ring is 1. The third-order valence-corrected chi connectivity index (χ3v) is 1.97. The Morgan fingerprint density at radius 3 is 2.64 bits per heavy atom. The molecule has 0 saturated heterocycles. The molecular weight excluding hydrogens is 178 g/mol. The average molecular weight is 193 g/mol. The van der Waals surface area contributed by atoms with E-state index < -0.39 is 0 Å². The fourth-order valence-electron chi connectivity index (χ4n) is 1.33. The first-order chi connectivity index (χ1) is 6.56. The Kier molecular flexibility index (Phi) is 3.12. The zero-order chi connectivity index (χ0) is 10.7. The molecule has 0 heterocycles. The highest BCUT2D eigenvalue weighted by molar-refractivity contribution is 6.00. The van der Waals surface area contributed by atoms with Crippen LogP contribution >= 0.6 is 0 Å². The smallest absolute Gasteiger partial charge is 0.162 e. The summed E-state index contributed by atoms with van der Waals surface area (Å²) in [5.74, 6) is 0.560. The molecule has 0 unspecified atom stereocenters. The van der Waals surface area contributed by atoms with E-state index in [-0.39, 0.29) is 5.78 Å². The Balaban J connectivity index is 3.24. The summed E-state index contributed by atoms with van der Waals surface area (Å²) in [4.78, 5) is 11.2. The van der Waals surface area contributed by atoms with E-state index >= 15 is 0 Å². The molecule has 0 atom stereocenters. The van der Waals surface area contributed by atoms with Gasteiger partial charge in [-0.05, 0) is 38.5 Å². The number of ketones is 1. The van der Waals surface area contributed by atoms with Crippen molar-refractivity contribution >= 4 is 11.5 Å². The van der Waals surface area contributed by atoms with E-state index in [1.54, 1.807) is 6.07 Å². The van der Waals surface area contributed by atoms with Crippen LogP contribution in [0.2, 0.25) is 0 Å². The van der Waals surface area contributed by atoms with Gasteiger partial charge in [0.05, 0.1) is 12.3 Å². The van der Waals surface area contributed by atoms with Gasteiger partial charge < -0.3 is 10.5 Å². The lowest BCUT2D eigenvalue weighted by Gasteiger charge is -2.10. The lowest BCUT2D eigenvalue weighted by Crippen LogP contribution is -2.04. The minimum absolute atomic E-state index is 0.0350. The molecule has 2 N–H and O–H groups in total. The van der Waals surface area contributed by atoms with Crippen LogP contribution in [0.4, 0.5) is 5.69 Å². The molecule has 0 aliphatic carbocycles. The minimum Gasteiger partial charge on any atom is -0.492 e. The Bertz CT molecular complexity index is 359. The van der Waals surface area contributed by atoms with Crippen LogP contribution in [0, 0.1) is 6.92 Å². The quantitative estimate of drug-likeness (QED) is 0.591. The van der Waals surface area contributed by atoms with Crippen LogP contribution in [0.25, 0.3) is 0 Å². The van der Waals surface area contributed by atoms with Gasteiger partial charge >= 0.3 is 0 Å². The zero-order valence-electron chi connectivity index (χ0n) is 8.76. The number of hydrogen-bond acceptors (Lipinski definition) is 3. The number of hydrogen-bond donors (Lipinski definition) is 1. The van der Waals surface area contributed by atoms with Crippen molar-refractivity contribution in [3.8, 4) is 5.75 Å². The molecule has 76 valence electrons. The molecule has 0 bridgehead atoms. The number of carbonyl (C=O) groups is 1. The number of Topliss-reactive ketones (excluding diaryl/α,β-unsaturated/α-hetero) is 1. The summed E-state index contributed by atoms with van der Waals surface area (Å²) in [6.45, 7) is 5.84. The fourth-order valence-corrected chi connectivity index (χ4v) is 1.33. The van der Waals surface area contributed by atoms with E-state index in [0.29, 0.717) is 23.6 Å². The minimum atomic E-state index is -0.0350. The maximum absolute atomic E-state index is 11.2. The van der Waals surface area contributed by atoms with Crippen molar-refractivity contribution in [3.63, 3.8) is 0 Å². The molecule has 1 aromatic carbocycles. The van der Waals surface area contributed by atoms with Gasteiger partial charge in [-0.2, -0.15) is 0 Å². The van der Waals surface area contributed by atoms with Gasteiger partial charge in [0.25, 0.3) is 0 Å². The van der Waals surface area contributed by atoms with E-state index in [9.17, 15) is 4.79 Å². The molecule has 0 radical (unpaired) electrons. The number of nitrogens with two attached hydrogens (primary N) is 1. The fraction of sp³-hybridized carbons (Fsp3) is 0.364. The van der Waals surface area contributed by atoms with Crippen molar-refractivity contribution < 1.29 is 9.53 Å². The van der Waals surface area contributed by atoms with E-state index in [2.05, 4.69) is 0 Å². The summed E-state index contributed by atoms with van der Waals surface area (Å²) in [5.41, 5.74) is 7.74. The molecule has 14 heavy (non-hydrogen) atoms. The Labute approximate surface area is 83.9 Å². The van der Waals surface area contributed by atoms with Crippen molar-refractivity contribution in [1.29, 1.82) is 0 Å². The van der Waals surface area contributed by atoms with Crippen molar-refractivity contribution in [2.24, 2.45) is 0 Å². The Morgan fingerprint density at radius 1 is 1.50 bits per heavy atom. The van der Waals surface area contributed by atoms with Crippen LogP contribution < -0.4 is 10.5 Å². The van der Waals surface area contributed by atoms with Crippen molar-refractivity contribution in [2.75, 3.05) is 12.3 Å². The van der Waals surface area contributed by atoms with Gasteiger partial charge in [-0.25, -0.2) is 0 Å². The first-order valence-corrected chi connectivity index (χ1v) is 4.60. The molecule has 0 spiro atoms. The average Bonchev–Trinajstić information content (AvgIpc) is 2.10. The molecule has 0 aliphatic heterocycles. The highest BCUT2D eigenvalue weighted by Gasteiger charge is 2.10. The van der Waals surface area contributed by atoms with Crippen LogP contribution in [0.15, 0.2) is 12.1 Å². The number of rotatable bonds is 3. The summed E-state index contributed by atoms with van der Waals surface area (Å²) >= 11 is 0. The molecule has 3 heteroatoms. The topological polar surface area (TPSA) is 52.3 Å². The van der Waals surface area contributed by atoms with Gasteiger partial charge in [0.1, 0.15) is 5.75 Å². The second-order valence-corrected chi connectivity index (χ2v) is 3.21. The van der Waals surface area contributed by atoms with Crippen LogP contribution in [-0.2, 0) is 0 Å². The van der Waals surface area contributed by atoms with Gasteiger partial charge in [-0.3, -0.25) is 4.79 Å². The second kappa shape index (κ2) is 4.13. The summed E-state index contributed by atoms with van der Waals surface area (Å²) in [6.07, 6.45) is 0. The van der Waals surface area contributed by atoms with Gasteiger partial charge in [0, 0.05) is 5.56 Å². The maximum Gasteiger partial charge on any atom is 0.162 e. The number of aryl methyl sites for hydroxylation is 1.